The Morgan fingerprint density at radius 1 is 1.33 bits per heavy atom. The van der Waals surface area contributed by atoms with Crippen molar-refractivity contribution in [2.75, 3.05) is 0 Å². The molecule has 2 aromatic rings. The van der Waals surface area contributed by atoms with Gasteiger partial charge in [0.05, 0.1) is 16.1 Å². The Balaban J connectivity index is 2.90. The van der Waals surface area contributed by atoms with Crippen molar-refractivity contribution in [2.24, 2.45) is 0 Å². The third-order valence-corrected chi connectivity index (χ3v) is 2.50. The standard InChI is InChI=1S/C11H8ClNO2/c1-6-2-3-7-9(12)5-4-8(11(14)15)10(7)13-6/h2-5H,1H3,(H,14,15). The van der Waals surface area contributed by atoms with E-state index in [1.807, 2.05) is 6.92 Å². The lowest BCUT2D eigenvalue weighted by atomic mass is 10.1. The zero-order valence-corrected chi connectivity index (χ0v) is 8.75. The van der Waals surface area contributed by atoms with E-state index >= 15 is 0 Å². The molecule has 0 aliphatic rings. The number of rotatable bonds is 1. The lowest BCUT2D eigenvalue weighted by Crippen LogP contribution is -1.99. The van der Waals surface area contributed by atoms with Crippen LogP contribution in [0.15, 0.2) is 24.3 Å². The molecule has 1 heterocycles. The van der Waals surface area contributed by atoms with Crippen LogP contribution in [0.5, 0.6) is 0 Å². The SMILES string of the molecule is Cc1ccc2c(Cl)ccc(C(=O)O)c2n1. The lowest BCUT2D eigenvalue weighted by Gasteiger charge is -2.04. The highest BCUT2D eigenvalue weighted by Gasteiger charge is 2.11. The number of fused-ring (bicyclic) bond motifs is 1. The predicted molar refractivity (Wildman–Crippen MR) is 58.4 cm³/mol. The van der Waals surface area contributed by atoms with E-state index in [9.17, 15) is 4.79 Å². The molecular weight excluding hydrogens is 214 g/mol. The van der Waals surface area contributed by atoms with Crippen molar-refractivity contribution in [3.63, 3.8) is 0 Å². The Labute approximate surface area is 91.3 Å². The van der Waals surface area contributed by atoms with E-state index in [4.69, 9.17) is 16.7 Å². The Morgan fingerprint density at radius 2 is 2.07 bits per heavy atom. The number of carboxylic acid groups (broad SMARTS) is 1. The van der Waals surface area contributed by atoms with E-state index in [2.05, 4.69) is 4.98 Å². The molecule has 1 aromatic carbocycles. The average Bonchev–Trinajstić information content (AvgIpc) is 2.17. The highest BCUT2D eigenvalue weighted by atomic mass is 35.5. The van der Waals surface area contributed by atoms with Crippen LogP contribution in [0.3, 0.4) is 0 Å². The molecule has 15 heavy (non-hydrogen) atoms. The van der Waals surface area contributed by atoms with Crippen molar-refractivity contribution in [1.29, 1.82) is 0 Å². The number of aromatic carboxylic acids is 1. The Bertz CT molecular complexity index is 552. The van der Waals surface area contributed by atoms with Gasteiger partial charge in [0.15, 0.2) is 0 Å². The predicted octanol–water partition coefficient (Wildman–Crippen LogP) is 2.89. The molecule has 0 radical (unpaired) electrons. The molecule has 0 aliphatic carbocycles. The van der Waals surface area contributed by atoms with Crippen molar-refractivity contribution >= 4 is 28.5 Å². The molecule has 3 nitrogen and oxygen atoms in total. The minimum atomic E-state index is -0.991. The molecule has 0 spiro atoms. The molecule has 0 amide bonds. The van der Waals surface area contributed by atoms with E-state index in [1.165, 1.54) is 6.07 Å². The molecule has 0 aliphatic heterocycles. The molecule has 1 N–H and O–H groups in total. The molecule has 0 saturated heterocycles. The summed E-state index contributed by atoms with van der Waals surface area (Å²) in [5, 5.41) is 10.2. The van der Waals surface area contributed by atoms with Gasteiger partial charge in [0.2, 0.25) is 0 Å². The van der Waals surface area contributed by atoms with E-state index < -0.39 is 5.97 Å². The smallest absolute Gasteiger partial charge is 0.337 e. The first kappa shape index (κ1) is 9.93. The highest BCUT2D eigenvalue weighted by Crippen LogP contribution is 2.25. The summed E-state index contributed by atoms with van der Waals surface area (Å²) in [7, 11) is 0. The van der Waals surface area contributed by atoms with Gasteiger partial charge in [-0.1, -0.05) is 11.6 Å². The number of benzene rings is 1. The minimum absolute atomic E-state index is 0.179. The van der Waals surface area contributed by atoms with Gasteiger partial charge in [-0.3, -0.25) is 4.98 Å². The Morgan fingerprint density at radius 3 is 2.73 bits per heavy atom. The molecule has 0 bridgehead atoms. The van der Waals surface area contributed by atoms with Crippen LogP contribution in [-0.2, 0) is 0 Å². The summed E-state index contributed by atoms with van der Waals surface area (Å²) < 4.78 is 0. The van der Waals surface area contributed by atoms with Crippen LogP contribution >= 0.6 is 11.6 Å². The van der Waals surface area contributed by atoms with E-state index in [0.29, 0.717) is 15.9 Å². The molecule has 0 fully saturated rings. The summed E-state index contributed by atoms with van der Waals surface area (Å²) in [6.45, 7) is 1.81. The summed E-state index contributed by atoms with van der Waals surface area (Å²) >= 11 is 5.95. The fourth-order valence-corrected chi connectivity index (χ4v) is 1.67. The highest BCUT2D eigenvalue weighted by molar-refractivity contribution is 6.35. The molecule has 0 atom stereocenters. The normalized spacial score (nSPS) is 10.5. The number of aromatic nitrogens is 1. The van der Waals surface area contributed by atoms with Gasteiger partial charge in [0.1, 0.15) is 0 Å². The third kappa shape index (κ3) is 1.66. The van der Waals surface area contributed by atoms with Gasteiger partial charge in [-0.2, -0.15) is 0 Å². The zero-order chi connectivity index (χ0) is 11.0. The first-order valence-electron chi connectivity index (χ1n) is 4.39. The number of pyridine rings is 1. The topological polar surface area (TPSA) is 50.2 Å². The van der Waals surface area contributed by atoms with Crippen LogP contribution in [-0.4, -0.2) is 16.1 Å². The molecule has 1 aromatic heterocycles. The summed E-state index contributed by atoms with van der Waals surface area (Å²) in [5.74, 6) is -0.991. The second-order valence-corrected chi connectivity index (χ2v) is 3.66. The molecule has 0 unspecified atom stereocenters. The van der Waals surface area contributed by atoms with Crippen LogP contribution in [0, 0.1) is 6.92 Å². The largest absolute Gasteiger partial charge is 0.478 e. The second kappa shape index (κ2) is 3.51. The number of carboxylic acids is 1. The van der Waals surface area contributed by atoms with Gasteiger partial charge in [0.25, 0.3) is 0 Å². The van der Waals surface area contributed by atoms with Crippen LogP contribution in [0.4, 0.5) is 0 Å². The lowest BCUT2D eigenvalue weighted by molar-refractivity contribution is 0.0699. The van der Waals surface area contributed by atoms with Crippen molar-refractivity contribution < 1.29 is 9.90 Å². The van der Waals surface area contributed by atoms with Gasteiger partial charge in [-0.15, -0.1) is 0 Å². The Hall–Kier alpha value is -1.61. The first-order valence-corrected chi connectivity index (χ1v) is 4.76. The van der Waals surface area contributed by atoms with Gasteiger partial charge in [-0.05, 0) is 31.2 Å². The summed E-state index contributed by atoms with van der Waals surface area (Å²) in [6.07, 6.45) is 0. The van der Waals surface area contributed by atoms with Crippen molar-refractivity contribution in [2.45, 2.75) is 6.92 Å². The molecule has 0 saturated carbocycles. The summed E-state index contributed by atoms with van der Waals surface area (Å²) in [4.78, 5) is 15.1. The van der Waals surface area contributed by atoms with Crippen LogP contribution in [0.1, 0.15) is 16.1 Å². The van der Waals surface area contributed by atoms with Gasteiger partial charge >= 0.3 is 5.97 Å². The first-order chi connectivity index (χ1) is 7.09. The number of carbonyl (C=O) groups is 1. The summed E-state index contributed by atoms with van der Waals surface area (Å²) in [6, 6.07) is 6.63. The van der Waals surface area contributed by atoms with E-state index in [0.717, 1.165) is 5.69 Å². The number of aryl methyl sites for hydroxylation is 1. The minimum Gasteiger partial charge on any atom is -0.478 e. The third-order valence-electron chi connectivity index (χ3n) is 2.17. The fourth-order valence-electron chi connectivity index (χ4n) is 1.45. The van der Waals surface area contributed by atoms with Gasteiger partial charge in [0, 0.05) is 11.1 Å². The van der Waals surface area contributed by atoms with Crippen molar-refractivity contribution in [1.82, 2.24) is 4.98 Å². The number of halogens is 1. The molecule has 76 valence electrons. The number of nitrogens with zero attached hydrogens (tertiary/aromatic N) is 1. The quantitative estimate of drug-likeness (QED) is 0.806. The van der Waals surface area contributed by atoms with E-state index in [1.54, 1.807) is 18.2 Å². The monoisotopic (exact) mass is 221 g/mol. The van der Waals surface area contributed by atoms with Crippen LogP contribution in [0.2, 0.25) is 5.02 Å². The zero-order valence-electron chi connectivity index (χ0n) is 7.99. The maximum absolute atomic E-state index is 11.0. The van der Waals surface area contributed by atoms with Gasteiger partial charge in [-0.25, -0.2) is 4.79 Å². The molecule has 2 rings (SSSR count). The summed E-state index contributed by atoms with van der Waals surface area (Å²) in [5.41, 5.74) is 1.39. The average molecular weight is 222 g/mol. The molecule has 4 heteroatoms. The Kier molecular flexibility index (Phi) is 2.32. The van der Waals surface area contributed by atoms with Crippen LogP contribution < -0.4 is 0 Å². The maximum Gasteiger partial charge on any atom is 0.337 e. The van der Waals surface area contributed by atoms with Gasteiger partial charge < -0.3 is 5.11 Å². The van der Waals surface area contributed by atoms with E-state index in [-0.39, 0.29) is 5.56 Å². The fraction of sp³-hybridized carbons (Fsp3) is 0.0909. The van der Waals surface area contributed by atoms with Crippen molar-refractivity contribution in [3.8, 4) is 0 Å². The van der Waals surface area contributed by atoms with Crippen LogP contribution in [0.25, 0.3) is 10.9 Å². The van der Waals surface area contributed by atoms with Crippen molar-refractivity contribution in [3.05, 3.63) is 40.5 Å². The number of hydrogen-bond donors (Lipinski definition) is 1. The number of hydrogen-bond acceptors (Lipinski definition) is 2. The maximum atomic E-state index is 11.0. The molecular formula is C11H8ClNO2. The second-order valence-electron chi connectivity index (χ2n) is 3.25.